The molecule has 2 aromatic rings. The van der Waals surface area contributed by atoms with E-state index in [1.807, 2.05) is 0 Å². The lowest BCUT2D eigenvalue weighted by molar-refractivity contribution is -0.153. The third-order valence-electron chi connectivity index (χ3n) is 8.45. The number of carbonyl (C=O) groups excluding carboxylic acids is 5. The van der Waals surface area contributed by atoms with Crippen molar-refractivity contribution in [2.75, 3.05) is 26.0 Å². The number of hydrogen-bond donors (Lipinski definition) is 6. The Morgan fingerprint density at radius 1 is 1.07 bits per heavy atom. The van der Waals surface area contributed by atoms with Crippen LogP contribution in [0.3, 0.4) is 0 Å². The van der Waals surface area contributed by atoms with Gasteiger partial charge >= 0.3 is 6.09 Å². The molecule has 4 atom stereocenters. The molecule has 3 aliphatic carbocycles. The first-order valence-electron chi connectivity index (χ1n) is 13.7. The van der Waals surface area contributed by atoms with Gasteiger partial charge in [0.15, 0.2) is 23.8 Å². The number of primary amides is 1. The number of ether oxygens (including phenoxy) is 1. The van der Waals surface area contributed by atoms with Gasteiger partial charge in [-0.25, -0.2) is 4.79 Å². The average molecular weight is 606 g/mol. The predicted octanol–water partition coefficient (Wildman–Crippen LogP) is 1.77. The number of ketones is 3. The van der Waals surface area contributed by atoms with E-state index >= 15 is 0 Å². The van der Waals surface area contributed by atoms with E-state index in [1.54, 1.807) is 30.3 Å². The number of hydrogen-bond acceptors (Lipinski definition) is 11. The Bertz CT molecular complexity index is 1690. The van der Waals surface area contributed by atoms with E-state index in [0.29, 0.717) is 22.4 Å². The highest BCUT2D eigenvalue weighted by Crippen LogP contribution is 2.53. The fraction of sp³-hybridized carbons (Fsp3) is 0.323. The molecule has 0 aliphatic heterocycles. The summed E-state index contributed by atoms with van der Waals surface area (Å²) in [6.45, 7) is 0.922. The number of benzene rings is 2. The molecule has 2 aromatic carbocycles. The van der Waals surface area contributed by atoms with Crippen molar-refractivity contribution in [3.8, 4) is 16.9 Å². The number of aliphatic hydroxyl groups is 3. The first-order chi connectivity index (χ1) is 20.7. The Morgan fingerprint density at radius 3 is 2.32 bits per heavy atom. The lowest BCUT2D eigenvalue weighted by Crippen LogP contribution is -2.65. The van der Waals surface area contributed by atoms with E-state index < -0.39 is 64.1 Å². The number of likely N-dealkylation sites (N-methyl/N-ethyl adjacent to an activating group) is 1. The number of aromatic hydroxyl groups is 1. The van der Waals surface area contributed by atoms with Crippen LogP contribution in [0.1, 0.15) is 24.5 Å². The fourth-order valence-electron chi connectivity index (χ4n) is 6.57. The lowest BCUT2D eigenvalue weighted by Gasteiger charge is -2.50. The van der Waals surface area contributed by atoms with Crippen LogP contribution in [0.4, 0.5) is 10.5 Å². The highest BCUT2D eigenvalue weighted by molar-refractivity contribution is 6.24. The maximum absolute atomic E-state index is 14.0. The summed E-state index contributed by atoms with van der Waals surface area (Å²) in [7, 11) is 3.07. The van der Waals surface area contributed by atoms with Crippen molar-refractivity contribution in [1.29, 1.82) is 0 Å². The Morgan fingerprint density at radius 2 is 1.73 bits per heavy atom. The molecule has 44 heavy (non-hydrogen) atoms. The topological polar surface area (TPSA) is 217 Å². The third kappa shape index (κ3) is 4.70. The van der Waals surface area contributed by atoms with Gasteiger partial charge in [0.05, 0.1) is 11.6 Å². The predicted molar refractivity (Wildman–Crippen MR) is 155 cm³/mol. The van der Waals surface area contributed by atoms with Crippen LogP contribution in [0.25, 0.3) is 16.9 Å². The Balaban J connectivity index is 1.57. The molecule has 0 spiro atoms. The Kier molecular flexibility index (Phi) is 7.56. The summed E-state index contributed by atoms with van der Waals surface area (Å²) in [5, 5.41) is 47.4. The minimum atomic E-state index is -2.72. The molecule has 2 amide bonds. The number of nitrogens with zero attached hydrogens (tertiary/aromatic N) is 1. The van der Waals surface area contributed by atoms with Crippen molar-refractivity contribution >= 4 is 40.8 Å². The number of Topliss-reactive ketones (excluding diaryl/α,β-unsaturated/α-hetero) is 3. The van der Waals surface area contributed by atoms with Gasteiger partial charge in [-0.2, -0.15) is 0 Å². The van der Waals surface area contributed by atoms with E-state index in [-0.39, 0.29) is 42.1 Å². The molecule has 0 bridgehead atoms. The number of amides is 2. The number of fused-ring (bicyclic) bond motifs is 3. The number of rotatable bonds is 6. The minimum absolute atomic E-state index is 0.0335. The molecular formula is C31H31N3O10. The van der Waals surface area contributed by atoms with Crippen LogP contribution in [0, 0.1) is 11.8 Å². The summed E-state index contributed by atoms with van der Waals surface area (Å²) in [6.07, 6.45) is -0.720. The standard InChI is InChI=1S/C31H31N3O10/c1-13(35)12-44-30(42)33-16-6-4-14(5-7-16)17-8-9-20(36)22-18(17)10-15-11-19-24(34(2)3)26(38)23(29(32)41)28(40)31(19,43)27(39)21(15)25(22)37/h4-9,15,19,24,36-37,40,43H,10-12H2,1-3H3,(H2,32,41)(H,33,42)/t15-,19-,24-,31-/m0/s1. The number of phenols is 1. The molecule has 0 unspecified atom stereocenters. The second-order valence-electron chi connectivity index (χ2n) is 11.4. The largest absolute Gasteiger partial charge is 0.508 e. The number of carbonyl (C=O) groups is 5. The van der Waals surface area contributed by atoms with Crippen molar-refractivity contribution in [3.63, 3.8) is 0 Å². The number of nitrogens with two attached hydrogens (primary N) is 1. The molecule has 5 rings (SSSR count). The second-order valence-corrected chi connectivity index (χ2v) is 11.4. The summed E-state index contributed by atoms with van der Waals surface area (Å²) in [6, 6.07) is 8.35. The molecule has 7 N–H and O–H groups in total. The van der Waals surface area contributed by atoms with Gasteiger partial charge in [0.2, 0.25) is 5.78 Å². The van der Waals surface area contributed by atoms with Crippen molar-refractivity contribution < 1.29 is 49.1 Å². The monoisotopic (exact) mass is 605 g/mol. The lowest BCUT2D eigenvalue weighted by atomic mass is 9.57. The zero-order valence-corrected chi connectivity index (χ0v) is 24.1. The van der Waals surface area contributed by atoms with Crippen molar-refractivity contribution in [2.45, 2.75) is 31.4 Å². The van der Waals surface area contributed by atoms with Gasteiger partial charge in [-0.1, -0.05) is 18.2 Å². The Hall–Kier alpha value is -5.01. The van der Waals surface area contributed by atoms with Gasteiger partial charge in [-0.3, -0.25) is 29.4 Å². The van der Waals surface area contributed by atoms with Crippen LogP contribution in [-0.2, 0) is 30.3 Å². The van der Waals surface area contributed by atoms with Crippen LogP contribution >= 0.6 is 0 Å². The normalized spacial score (nSPS) is 24.4. The summed E-state index contributed by atoms with van der Waals surface area (Å²) >= 11 is 0. The number of nitrogens with one attached hydrogen (secondary N) is 1. The highest BCUT2D eigenvalue weighted by Gasteiger charge is 2.64. The Labute approximate surface area is 251 Å². The van der Waals surface area contributed by atoms with Gasteiger partial charge in [-0.15, -0.1) is 0 Å². The van der Waals surface area contributed by atoms with Crippen LogP contribution in [0.15, 0.2) is 53.3 Å². The van der Waals surface area contributed by atoms with E-state index in [4.69, 9.17) is 10.5 Å². The first-order valence-corrected chi connectivity index (χ1v) is 13.7. The smallest absolute Gasteiger partial charge is 0.412 e. The summed E-state index contributed by atoms with van der Waals surface area (Å²) in [5.74, 6) is -7.51. The molecule has 3 aliphatic rings. The fourth-order valence-corrected chi connectivity index (χ4v) is 6.57. The molecule has 13 heteroatoms. The van der Waals surface area contributed by atoms with Crippen LogP contribution < -0.4 is 11.1 Å². The van der Waals surface area contributed by atoms with E-state index in [0.717, 1.165) is 0 Å². The molecule has 0 aromatic heterocycles. The van der Waals surface area contributed by atoms with Crippen LogP contribution in [0.5, 0.6) is 5.75 Å². The van der Waals surface area contributed by atoms with Crippen molar-refractivity contribution in [3.05, 3.63) is 64.4 Å². The van der Waals surface area contributed by atoms with Gasteiger partial charge in [-0.05, 0) is 74.7 Å². The molecule has 0 saturated heterocycles. The maximum Gasteiger partial charge on any atom is 0.412 e. The molecule has 13 nitrogen and oxygen atoms in total. The highest BCUT2D eigenvalue weighted by atomic mass is 16.6. The molecule has 1 saturated carbocycles. The second kappa shape index (κ2) is 10.9. The number of aliphatic hydroxyl groups excluding tert-OH is 2. The van der Waals surface area contributed by atoms with Gasteiger partial charge < -0.3 is 30.9 Å². The molecule has 0 heterocycles. The zero-order valence-electron chi connectivity index (χ0n) is 24.1. The van der Waals surface area contributed by atoms with E-state index in [2.05, 4.69) is 5.32 Å². The third-order valence-corrected chi connectivity index (χ3v) is 8.45. The average Bonchev–Trinajstić information content (AvgIpc) is 2.94. The van der Waals surface area contributed by atoms with Crippen molar-refractivity contribution in [2.24, 2.45) is 17.6 Å². The molecule has 230 valence electrons. The number of phenolic OH excluding ortho intramolecular Hbond substituents is 1. The van der Waals surface area contributed by atoms with Crippen LogP contribution in [-0.4, -0.2) is 87.0 Å². The van der Waals surface area contributed by atoms with Gasteiger partial charge in [0.1, 0.15) is 22.8 Å². The van der Waals surface area contributed by atoms with Crippen molar-refractivity contribution in [1.82, 2.24) is 4.90 Å². The SMILES string of the molecule is CC(=O)COC(=O)Nc1ccc(-c2ccc(O)c3c2C[C@H]2C[C@H]4[C@H](N(C)C)C(=O)C(C(N)=O)=C(O)[C@@]4(O)C(=O)C2=C3O)cc1. The summed E-state index contributed by atoms with van der Waals surface area (Å²) < 4.78 is 4.81. The summed E-state index contributed by atoms with van der Waals surface area (Å²) in [4.78, 5) is 63.8. The van der Waals surface area contributed by atoms with E-state index in [9.17, 15) is 44.4 Å². The van der Waals surface area contributed by atoms with E-state index in [1.165, 1.54) is 32.0 Å². The molecule has 1 fully saturated rings. The summed E-state index contributed by atoms with van der Waals surface area (Å²) in [5.41, 5.74) is 3.62. The zero-order chi connectivity index (χ0) is 32.2. The maximum atomic E-state index is 14.0. The van der Waals surface area contributed by atoms with Crippen LogP contribution in [0.2, 0.25) is 0 Å². The molecular weight excluding hydrogens is 574 g/mol. The first kappa shape index (κ1) is 30.4. The van der Waals surface area contributed by atoms with Gasteiger partial charge in [0.25, 0.3) is 5.91 Å². The quantitative estimate of drug-likeness (QED) is 0.261. The van der Waals surface area contributed by atoms with Gasteiger partial charge in [0, 0.05) is 17.2 Å². The number of anilines is 1. The molecule has 0 radical (unpaired) electrons. The minimum Gasteiger partial charge on any atom is -0.508 e.